The first-order valence-corrected chi connectivity index (χ1v) is 14.0. The number of allylic oxidation sites excluding steroid dienone is 4. The molecule has 40 heavy (non-hydrogen) atoms. The predicted octanol–water partition coefficient (Wildman–Crippen LogP) is 11.1. The Morgan fingerprint density at radius 1 is 0.625 bits per heavy atom. The Hall–Kier alpha value is -4.56. The quantitative estimate of drug-likeness (QED) is 0.213. The molecule has 5 aromatic rings. The zero-order chi connectivity index (χ0) is 29.3. The number of aromatic nitrogens is 2. The summed E-state index contributed by atoms with van der Waals surface area (Å²) < 4.78 is 0. The smallest absolute Gasteiger partial charge is 0.0712 e. The maximum atomic E-state index is 4.71. The molecule has 0 radical (unpaired) electrons. The highest BCUT2D eigenvalue weighted by atomic mass is 14.7. The second kappa shape index (κ2) is 17.1. The SMILES string of the molecule is C=C/C=C(\C=C)c1cc(C)cc(-c2ccccc2)n1.CC.CC.Cc1cc(-c2ccccc2)nc2ccccc12. The van der Waals surface area contributed by atoms with Crippen molar-refractivity contribution < 1.29 is 0 Å². The van der Waals surface area contributed by atoms with Crippen molar-refractivity contribution in [3.63, 3.8) is 0 Å². The minimum absolute atomic E-state index is 0.925. The number of para-hydroxylation sites is 1. The van der Waals surface area contributed by atoms with E-state index in [2.05, 4.69) is 87.7 Å². The first-order valence-electron chi connectivity index (χ1n) is 14.0. The Morgan fingerprint density at radius 3 is 1.70 bits per heavy atom. The van der Waals surface area contributed by atoms with E-state index in [9.17, 15) is 0 Å². The van der Waals surface area contributed by atoms with E-state index in [0.29, 0.717) is 0 Å². The molecule has 0 aliphatic rings. The Kier molecular flexibility index (Phi) is 13.5. The van der Waals surface area contributed by atoms with Crippen LogP contribution in [0.15, 0.2) is 135 Å². The highest BCUT2D eigenvalue weighted by Gasteiger charge is 2.05. The third-order valence-electron chi connectivity index (χ3n) is 5.84. The summed E-state index contributed by atoms with van der Waals surface area (Å²) >= 11 is 0. The van der Waals surface area contributed by atoms with Gasteiger partial charge in [0.05, 0.1) is 22.6 Å². The van der Waals surface area contributed by atoms with Crippen molar-refractivity contribution in [2.24, 2.45) is 0 Å². The third kappa shape index (κ3) is 8.74. The topological polar surface area (TPSA) is 25.8 Å². The van der Waals surface area contributed by atoms with Crippen molar-refractivity contribution in [3.05, 3.63) is 151 Å². The van der Waals surface area contributed by atoms with E-state index < -0.39 is 0 Å². The lowest BCUT2D eigenvalue weighted by Gasteiger charge is -2.07. The van der Waals surface area contributed by atoms with Gasteiger partial charge in [-0.05, 0) is 54.8 Å². The first-order chi connectivity index (χ1) is 19.6. The van der Waals surface area contributed by atoms with Crippen LogP contribution in [0.3, 0.4) is 0 Å². The molecule has 0 saturated heterocycles. The van der Waals surface area contributed by atoms with E-state index in [1.165, 1.54) is 22.1 Å². The van der Waals surface area contributed by atoms with Crippen LogP contribution in [0.2, 0.25) is 0 Å². The van der Waals surface area contributed by atoms with Crippen molar-refractivity contribution >= 4 is 16.5 Å². The maximum Gasteiger partial charge on any atom is 0.0712 e. The van der Waals surface area contributed by atoms with E-state index in [4.69, 9.17) is 9.97 Å². The number of benzene rings is 3. The fourth-order valence-corrected chi connectivity index (χ4v) is 4.06. The average molecular weight is 527 g/mol. The average Bonchev–Trinajstić information content (AvgIpc) is 3.02. The van der Waals surface area contributed by atoms with Gasteiger partial charge in [0.2, 0.25) is 0 Å². The molecule has 0 spiro atoms. The summed E-state index contributed by atoms with van der Waals surface area (Å²) in [6.45, 7) is 19.8. The number of rotatable bonds is 5. The summed E-state index contributed by atoms with van der Waals surface area (Å²) in [5, 5.41) is 1.23. The molecule has 5 rings (SSSR count). The summed E-state index contributed by atoms with van der Waals surface area (Å²) in [4.78, 5) is 9.41. The summed E-state index contributed by atoms with van der Waals surface area (Å²) in [5.74, 6) is 0. The highest BCUT2D eigenvalue weighted by molar-refractivity contribution is 5.84. The second-order valence-electron chi connectivity index (χ2n) is 8.55. The monoisotopic (exact) mass is 526 g/mol. The van der Waals surface area contributed by atoms with Crippen LogP contribution in [-0.2, 0) is 0 Å². The van der Waals surface area contributed by atoms with Gasteiger partial charge in [-0.15, -0.1) is 0 Å². The van der Waals surface area contributed by atoms with Gasteiger partial charge < -0.3 is 0 Å². The second-order valence-corrected chi connectivity index (χ2v) is 8.55. The number of pyridine rings is 2. The highest BCUT2D eigenvalue weighted by Crippen LogP contribution is 2.24. The number of fused-ring (bicyclic) bond motifs is 1. The van der Waals surface area contributed by atoms with Crippen LogP contribution in [-0.4, -0.2) is 9.97 Å². The van der Waals surface area contributed by atoms with Crippen LogP contribution in [0.1, 0.15) is 44.5 Å². The van der Waals surface area contributed by atoms with Gasteiger partial charge in [-0.3, -0.25) is 0 Å². The zero-order valence-electron chi connectivity index (χ0n) is 24.9. The zero-order valence-corrected chi connectivity index (χ0v) is 24.9. The van der Waals surface area contributed by atoms with Gasteiger partial charge in [0, 0.05) is 16.5 Å². The number of aryl methyl sites for hydroxylation is 2. The van der Waals surface area contributed by atoms with Crippen molar-refractivity contribution in [1.82, 2.24) is 9.97 Å². The molecule has 2 nitrogen and oxygen atoms in total. The third-order valence-corrected chi connectivity index (χ3v) is 5.84. The maximum absolute atomic E-state index is 4.71. The Morgan fingerprint density at radius 2 is 1.15 bits per heavy atom. The molecule has 0 unspecified atom stereocenters. The molecule has 0 N–H and O–H groups in total. The lowest BCUT2D eigenvalue weighted by atomic mass is 10.1. The normalized spacial score (nSPS) is 10.1. The van der Waals surface area contributed by atoms with E-state index in [1.54, 1.807) is 12.2 Å². The first kappa shape index (κ1) is 31.7. The van der Waals surface area contributed by atoms with E-state index in [0.717, 1.165) is 33.7 Å². The summed E-state index contributed by atoms with van der Waals surface area (Å²) in [5.41, 5.74) is 9.73. The van der Waals surface area contributed by atoms with Crippen molar-refractivity contribution in [2.45, 2.75) is 41.5 Å². The largest absolute Gasteiger partial charge is 0.248 e. The van der Waals surface area contributed by atoms with Gasteiger partial charge in [0.15, 0.2) is 0 Å². The molecule has 0 saturated carbocycles. The molecule has 204 valence electrons. The number of hydrogen-bond acceptors (Lipinski definition) is 2. The predicted molar refractivity (Wildman–Crippen MR) is 177 cm³/mol. The summed E-state index contributed by atoms with van der Waals surface area (Å²) in [6, 6.07) is 35.0. The lowest BCUT2D eigenvalue weighted by Crippen LogP contribution is -1.92. The lowest BCUT2D eigenvalue weighted by molar-refractivity contribution is 1.25. The van der Waals surface area contributed by atoms with E-state index in [1.807, 2.05) is 76.2 Å². The number of nitrogens with zero attached hydrogens (tertiary/aromatic N) is 2. The van der Waals surface area contributed by atoms with Crippen LogP contribution in [0.4, 0.5) is 0 Å². The van der Waals surface area contributed by atoms with Crippen LogP contribution < -0.4 is 0 Å². The van der Waals surface area contributed by atoms with E-state index >= 15 is 0 Å². The fourth-order valence-electron chi connectivity index (χ4n) is 4.06. The molecular formula is C38H42N2. The van der Waals surface area contributed by atoms with Gasteiger partial charge in [-0.2, -0.15) is 0 Å². The van der Waals surface area contributed by atoms with Crippen LogP contribution >= 0.6 is 0 Å². The molecule has 2 heteroatoms. The molecule has 0 aliphatic carbocycles. The molecule has 2 heterocycles. The summed E-state index contributed by atoms with van der Waals surface area (Å²) in [7, 11) is 0. The fraction of sp³-hybridized carbons (Fsp3) is 0.158. The van der Waals surface area contributed by atoms with Crippen LogP contribution in [0.5, 0.6) is 0 Å². The van der Waals surface area contributed by atoms with Crippen molar-refractivity contribution in [1.29, 1.82) is 0 Å². The van der Waals surface area contributed by atoms with Gasteiger partial charge in [-0.25, -0.2) is 9.97 Å². The minimum Gasteiger partial charge on any atom is -0.248 e. The van der Waals surface area contributed by atoms with Crippen molar-refractivity contribution in [2.75, 3.05) is 0 Å². The van der Waals surface area contributed by atoms with Gasteiger partial charge in [0.25, 0.3) is 0 Å². The van der Waals surface area contributed by atoms with Crippen LogP contribution in [0.25, 0.3) is 39.0 Å². The Balaban J connectivity index is 0.000000250. The molecule has 2 aromatic heterocycles. The van der Waals surface area contributed by atoms with Gasteiger partial charge in [-0.1, -0.05) is 138 Å². The standard InChI is InChI=1S/C18H17N.C16H13N.2C2H6/c1-4-9-15(5-2)17-12-14(3)13-18(19-17)16-10-7-6-8-11-16;1-12-11-16(13-7-3-2-4-8-13)17-15-10-6-5-9-14(12)15;2*1-2/h4-13H,1-2H2,3H3;2-11H,1H3;2*1-2H3/b15-9+;;;. The number of hydrogen-bond donors (Lipinski definition) is 0. The van der Waals surface area contributed by atoms with Gasteiger partial charge in [0.1, 0.15) is 0 Å². The molecule has 0 aliphatic heterocycles. The Labute approximate surface area is 241 Å². The molecule has 0 fully saturated rings. The van der Waals surface area contributed by atoms with Gasteiger partial charge >= 0.3 is 0 Å². The van der Waals surface area contributed by atoms with Crippen molar-refractivity contribution in [3.8, 4) is 22.5 Å². The summed E-state index contributed by atoms with van der Waals surface area (Å²) in [6.07, 6.45) is 5.48. The van der Waals surface area contributed by atoms with Crippen LogP contribution in [0, 0.1) is 13.8 Å². The molecule has 0 atom stereocenters. The van der Waals surface area contributed by atoms with E-state index in [-0.39, 0.29) is 0 Å². The molecule has 3 aromatic carbocycles. The molecule has 0 bridgehead atoms. The minimum atomic E-state index is 0.925. The molecule has 0 amide bonds. The Bertz CT molecular complexity index is 1510. The molecular weight excluding hydrogens is 484 g/mol.